The standard InChI is InChI=1S/C15H21NO3/c1-8(2)14(17)18-6-12-13-11-4-10(11)5-15(13,7-16)9(3)19-12/h8-13H,4-6H2,1-3H3. The molecule has 19 heavy (non-hydrogen) atoms. The topological polar surface area (TPSA) is 59.3 Å². The third-order valence-electron chi connectivity index (χ3n) is 5.21. The highest BCUT2D eigenvalue weighted by molar-refractivity contribution is 5.71. The monoisotopic (exact) mass is 263 g/mol. The van der Waals surface area contributed by atoms with Crippen LogP contribution in [-0.2, 0) is 14.3 Å². The number of carbonyl (C=O) groups is 1. The van der Waals surface area contributed by atoms with Gasteiger partial charge in [0.15, 0.2) is 0 Å². The molecule has 0 amide bonds. The molecule has 0 N–H and O–H groups in total. The number of hydrogen-bond donors (Lipinski definition) is 0. The lowest BCUT2D eigenvalue weighted by molar-refractivity contribution is -0.152. The van der Waals surface area contributed by atoms with Gasteiger partial charge in [-0.25, -0.2) is 0 Å². The van der Waals surface area contributed by atoms with Gasteiger partial charge in [0.2, 0.25) is 0 Å². The second-order valence-corrected chi connectivity index (χ2v) is 6.64. The molecular weight excluding hydrogens is 242 g/mol. The summed E-state index contributed by atoms with van der Waals surface area (Å²) in [4.78, 5) is 11.6. The van der Waals surface area contributed by atoms with Crippen molar-refractivity contribution in [3.8, 4) is 6.07 Å². The Bertz CT molecular complexity index is 441. The smallest absolute Gasteiger partial charge is 0.308 e. The highest BCUT2D eigenvalue weighted by Gasteiger charge is 2.69. The number of esters is 1. The van der Waals surface area contributed by atoms with Gasteiger partial charge in [0, 0.05) is 5.92 Å². The summed E-state index contributed by atoms with van der Waals surface area (Å²) in [6.07, 6.45) is 2.06. The molecule has 1 saturated heterocycles. The second-order valence-electron chi connectivity index (χ2n) is 6.64. The minimum absolute atomic E-state index is 0.0435. The summed E-state index contributed by atoms with van der Waals surface area (Å²) in [7, 11) is 0. The summed E-state index contributed by atoms with van der Waals surface area (Å²) < 4.78 is 11.3. The van der Waals surface area contributed by atoms with E-state index < -0.39 is 0 Å². The van der Waals surface area contributed by atoms with Crippen molar-refractivity contribution in [1.82, 2.24) is 0 Å². The summed E-state index contributed by atoms with van der Waals surface area (Å²) in [6.45, 7) is 5.95. The maximum atomic E-state index is 11.6. The fourth-order valence-electron chi connectivity index (χ4n) is 4.10. The Kier molecular flexibility index (Phi) is 2.86. The normalized spacial score (nSPS) is 46.6. The maximum absolute atomic E-state index is 11.6. The second kappa shape index (κ2) is 4.21. The molecule has 0 spiro atoms. The molecule has 1 aliphatic heterocycles. The Labute approximate surface area is 114 Å². The van der Waals surface area contributed by atoms with Crippen LogP contribution in [0, 0.1) is 40.4 Å². The molecule has 4 heteroatoms. The van der Waals surface area contributed by atoms with Crippen molar-refractivity contribution in [2.24, 2.45) is 29.1 Å². The van der Waals surface area contributed by atoms with Gasteiger partial charge in [-0.1, -0.05) is 13.8 Å². The number of nitriles is 1. The van der Waals surface area contributed by atoms with Crippen LogP contribution in [0.5, 0.6) is 0 Å². The lowest BCUT2D eigenvalue weighted by Gasteiger charge is -2.26. The molecule has 3 aliphatic rings. The summed E-state index contributed by atoms with van der Waals surface area (Å²) in [6, 6.07) is 2.52. The number of ether oxygens (including phenoxy) is 2. The van der Waals surface area contributed by atoms with Crippen LogP contribution in [0.25, 0.3) is 0 Å². The van der Waals surface area contributed by atoms with E-state index in [0.29, 0.717) is 18.4 Å². The molecule has 3 rings (SSSR count). The third kappa shape index (κ3) is 1.79. The number of hydrogen-bond acceptors (Lipinski definition) is 4. The SMILES string of the molecule is CC(C)C(=O)OCC1OC(C)C2(C#N)CC3CC3C12. The Morgan fingerprint density at radius 3 is 2.95 bits per heavy atom. The lowest BCUT2D eigenvalue weighted by Crippen LogP contribution is -2.34. The van der Waals surface area contributed by atoms with Crippen LogP contribution >= 0.6 is 0 Å². The number of carbonyl (C=O) groups excluding carboxylic acids is 1. The van der Waals surface area contributed by atoms with Gasteiger partial charge in [0.1, 0.15) is 6.61 Å². The summed E-state index contributed by atoms with van der Waals surface area (Å²) in [5.74, 6) is 1.29. The van der Waals surface area contributed by atoms with Crippen molar-refractivity contribution < 1.29 is 14.3 Å². The van der Waals surface area contributed by atoms with E-state index in [4.69, 9.17) is 9.47 Å². The molecule has 0 aromatic carbocycles. The third-order valence-corrected chi connectivity index (χ3v) is 5.21. The van der Waals surface area contributed by atoms with Crippen LogP contribution in [0.15, 0.2) is 0 Å². The minimum atomic E-state index is -0.331. The van der Waals surface area contributed by atoms with Gasteiger partial charge in [0.05, 0.1) is 29.6 Å². The Morgan fingerprint density at radius 2 is 2.32 bits per heavy atom. The molecule has 0 bridgehead atoms. The largest absolute Gasteiger partial charge is 0.463 e. The molecule has 4 nitrogen and oxygen atoms in total. The van der Waals surface area contributed by atoms with Crippen LogP contribution in [0.3, 0.4) is 0 Å². The van der Waals surface area contributed by atoms with Crippen LogP contribution in [-0.4, -0.2) is 24.8 Å². The zero-order chi connectivity index (χ0) is 13.8. The predicted molar refractivity (Wildman–Crippen MR) is 67.9 cm³/mol. The summed E-state index contributed by atoms with van der Waals surface area (Å²) in [5, 5.41) is 9.58. The van der Waals surface area contributed by atoms with Gasteiger partial charge in [-0.3, -0.25) is 4.79 Å². The van der Waals surface area contributed by atoms with E-state index in [1.165, 1.54) is 6.42 Å². The Morgan fingerprint density at radius 1 is 1.58 bits per heavy atom. The molecule has 6 atom stereocenters. The maximum Gasteiger partial charge on any atom is 0.308 e. The van der Waals surface area contributed by atoms with Crippen molar-refractivity contribution in [2.75, 3.05) is 6.61 Å². The number of nitrogens with zero attached hydrogens (tertiary/aromatic N) is 1. The molecule has 3 fully saturated rings. The van der Waals surface area contributed by atoms with Crippen LogP contribution in [0.1, 0.15) is 33.6 Å². The van der Waals surface area contributed by atoms with Crippen molar-refractivity contribution in [3.05, 3.63) is 0 Å². The van der Waals surface area contributed by atoms with Crippen molar-refractivity contribution >= 4 is 5.97 Å². The first-order valence-electron chi connectivity index (χ1n) is 7.23. The van der Waals surface area contributed by atoms with E-state index in [1.807, 2.05) is 20.8 Å². The molecule has 2 aliphatic carbocycles. The first-order chi connectivity index (χ1) is 8.99. The van der Waals surface area contributed by atoms with E-state index in [1.54, 1.807) is 0 Å². The fourth-order valence-corrected chi connectivity index (χ4v) is 4.10. The van der Waals surface area contributed by atoms with Crippen molar-refractivity contribution in [1.29, 1.82) is 5.26 Å². The fraction of sp³-hybridized carbons (Fsp3) is 0.867. The predicted octanol–water partition coefficient (Wildman–Crippen LogP) is 2.14. The molecule has 104 valence electrons. The average Bonchev–Trinajstić information content (AvgIpc) is 2.95. The highest BCUT2D eigenvalue weighted by atomic mass is 16.6. The van der Waals surface area contributed by atoms with E-state index >= 15 is 0 Å². The summed E-state index contributed by atoms with van der Waals surface area (Å²) >= 11 is 0. The van der Waals surface area contributed by atoms with Gasteiger partial charge in [-0.2, -0.15) is 5.26 Å². The molecule has 2 saturated carbocycles. The molecule has 6 unspecified atom stereocenters. The van der Waals surface area contributed by atoms with Crippen LogP contribution in [0.4, 0.5) is 0 Å². The van der Waals surface area contributed by atoms with Crippen molar-refractivity contribution in [3.63, 3.8) is 0 Å². The van der Waals surface area contributed by atoms with Crippen LogP contribution < -0.4 is 0 Å². The van der Waals surface area contributed by atoms with E-state index in [0.717, 1.165) is 6.42 Å². The van der Waals surface area contributed by atoms with E-state index in [-0.39, 0.29) is 35.4 Å². The highest BCUT2D eigenvalue weighted by Crippen LogP contribution is 2.68. The molecule has 1 heterocycles. The minimum Gasteiger partial charge on any atom is -0.463 e. The van der Waals surface area contributed by atoms with Crippen molar-refractivity contribution in [2.45, 2.75) is 45.8 Å². The van der Waals surface area contributed by atoms with Crippen LogP contribution in [0.2, 0.25) is 0 Å². The average molecular weight is 263 g/mol. The summed E-state index contributed by atoms with van der Waals surface area (Å²) in [5.41, 5.74) is -0.331. The molecular formula is C15H21NO3. The molecule has 0 radical (unpaired) electrons. The lowest BCUT2D eigenvalue weighted by atomic mass is 9.72. The van der Waals surface area contributed by atoms with Gasteiger partial charge >= 0.3 is 5.97 Å². The quantitative estimate of drug-likeness (QED) is 0.732. The van der Waals surface area contributed by atoms with E-state index in [2.05, 4.69) is 6.07 Å². The van der Waals surface area contributed by atoms with Gasteiger partial charge < -0.3 is 9.47 Å². The first-order valence-corrected chi connectivity index (χ1v) is 7.23. The van der Waals surface area contributed by atoms with Gasteiger partial charge in [0.25, 0.3) is 0 Å². The van der Waals surface area contributed by atoms with Gasteiger partial charge in [-0.15, -0.1) is 0 Å². The number of rotatable bonds is 3. The molecule has 0 aromatic rings. The zero-order valence-corrected chi connectivity index (χ0v) is 11.8. The van der Waals surface area contributed by atoms with E-state index in [9.17, 15) is 10.1 Å². The number of fused-ring (bicyclic) bond motifs is 3. The Balaban J connectivity index is 1.71. The molecule has 0 aromatic heterocycles. The zero-order valence-electron chi connectivity index (χ0n) is 11.8. The van der Waals surface area contributed by atoms with Gasteiger partial charge in [-0.05, 0) is 31.6 Å². The first kappa shape index (κ1) is 12.9. The Hall–Kier alpha value is -1.08.